The van der Waals surface area contributed by atoms with Crippen molar-refractivity contribution in [1.29, 1.82) is 0 Å². The highest BCUT2D eigenvalue weighted by molar-refractivity contribution is 5.87. The first-order chi connectivity index (χ1) is 13.5. The van der Waals surface area contributed by atoms with Crippen molar-refractivity contribution in [1.82, 2.24) is 20.3 Å². The van der Waals surface area contributed by atoms with Gasteiger partial charge in [-0.3, -0.25) is 0 Å². The number of aromatic amines is 1. The molecule has 1 aromatic carbocycles. The van der Waals surface area contributed by atoms with Crippen molar-refractivity contribution in [2.24, 2.45) is 0 Å². The number of rotatable bonds is 5. The summed E-state index contributed by atoms with van der Waals surface area (Å²) in [5.41, 5.74) is 1.30. The summed E-state index contributed by atoms with van der Waals surface area (Å²) in [6, 6.07) is 8.41. The minimum absolute atomic E-state index is 0.157. The molecule has 4 rings (SSSR count). The van der Waals surface area contributed by atoms with Gasteiger partial charge in [0.2, 0.25) is 0 Å². The molecular formula is C19H20F3N5O. The fourth-order valence-corrected chi connectivity index (χ4v) is 3.53. The van der Waals surface area contributed by atoms with E-state index in [-0.39, 0.29) is 11.8 Å². The molecule has 0 aliphatic carbocycles. The van der Waals surface area contributed by atoms with E-state index in [0.717, 1.165) is 42.8 Å². The number of benzene rings is 1. The van der Waals surface area contributed by atoms with Crippen LogP contribution < -0.4 is 15.0 Å². The third-order valence-electron chi connectivity index (χ3n) is 4.91. The first kappa shape index (κ1) is 18.5. The number of aromatic nitrogens is 3. The van der Waals surface area contributed by atoms with Crippen LogP contribution in [-0.2, 0) is 6.54 Å². The van der Waals surface area contributed by atoms with E-state index in [1.54, 1.807) is 18.5 Å². The van der Waals surface area contributed by atoms with Crippen LogP contribution in [0, 0.1) is 0 Å². The quantitative estimate of drug-likeness (QED) is 0.696. The van der Waals surface area contributed by atoms with Gasteiger partial charge in [-0.05, 0) is 25.0 Å². The van der Waals surface area contributed by atoms with Crippen LogP contribution in [0.4, 0.5) is 19.0 Å². The molecule has 0 radical (unpaired) electrons. The molecule has 0 atom stereocenters. The van der Waals surface area contributed by atoms with E-state index in [0.29, 0.717) is 12.1 Å². The summed E-state index contributed by atoms with van der Waals surface area (Å²) in [6.45, 7) is 1.96. The molecule has 9 heteroatoms. The summed E-state index contributed by atoms with van der Waals surface area (Å²) in [5, 5.41) is 4.35. The van der Waals surface area contributed by atoms with Crippen LogP contribution >= 0.6 is 0 Å². The minimum Gasteiger partial charge on any atom is -0.405 e. The number of ether oxygens (including phenoxy) is 1. The van der Waals surface area contributed by atoms with Crippen LogP contribution in [0.15, 0.2) is 42.9 Å². The number of nitrogens with zero attached hydrogens (tertiary/aromatic N) is 3. The highest BCUT2D eigenvalue weighted by Crippen LogP contribution is 2.27. The van der Waals surface area contributed by atoms with Crippen molar-refractivity contribution < 1.29 is 17.9 Å². The van der Waals surface area contributed by atoms with Crippen molar-refractivity contribution in [3.8, 4) is 5.75 Å². The number of alkyl halides is 3. The summed E-state index contributed by atoms with van der Waals surface area (Å²) in [7, 11) is 0. The van der Waals surface area contributed by atoms with Gasteiger partial charge in [0.05, 0.1) is 5.39 Å². The van der Waals surface area contributed by atoms with Crippen molar-refractivity contribution in [2.75, 3.05) is 18.0 Å². The van der Waals surface area contributed by atoms with Crippen LogP contribution in [0.2, 0.25) is 0 Å². The standard InChI is InChI=1S/C19H20F3N5O/c20-19(21,22)28-16-4-2-1-3-13(16)11-24-14-6-9-27(10-7-14)18-15-5-8-23-17(15)25-12-26-18/h1-5,8,12,14,24H,6-7,9-11H2,(H,23,25,26). The predicted octanol–water partition coefficient (Wildman–Crippen LogP) is 3.62. The third kappa shape index (κ3) is 4.19. The molecular weight excluding hydrogens is 371 g/mol. The number of halogens is 3. The van der Waals surface area contributed by atoms with Crippen LogP contribution in [0.1, 0.15) is 18.4 Å². The van der Waals surface area contributed by atoms with E-state index in [4.69, 9.17) is 0 Å². The van der Waals surface area contributed by atoms with E-state index >= 15 is 0 Å². The zero-order valence-corrected chi connectivity index (χ0v) is 15.0. The Morgan fingerprint density at radius 2 is 1.93 bits per heavy atom. The maximum Gasteiger partial charge on any atom is 0.573 e. The lowest BCUT2D eigenvalue weighted by atomic mass is 10.0. The largest absolute Gasteiger partial charge is 0.573 e. The van der Waals surface area contributed by atoms with Crippen molar-refractivity contribution in [3.05, 3.63) is 48.4 Å². The van der Waals surface area contributed by atoms with E-state index in [2.05, 4.69) is 29.9 Å². The van der Waals surface area contributed by atoms with Gasteiger partial charge < -0.3 is 19.9 Å². The molecule has 28 heavy (non-hydrogen) atoms. The maximum atomic E-state index is 12.5. The second kappa shape index (κ2) is 7.67. The first-order valence-corrected chi connectivity index (χ1v) is 9.10. The number of hydrogen-bond donors (Lipinski definition) is 2. The number of piperidine rings is 1. The van der Waals surface area contributed by atoms with Crippen LogP contribution in [-0.4, -0.2) is 40.4 Å². The van der Waals surface area contributed by atoms with Gasteiger partial charge in [-0.25, -0.2) is 9.97 Å². The number of hydrogen-bond acceptors (Lipinski definition) is 5. The van der Waals surface area contributed by atoms with E-state index < -0.39 is 6.36 Å². The van der Waals surface area contributed by atoms with Gasteiger partial charge in [0.1, 0.15) is 23.5 Å². The molecule has 2 aromatic heterocycles. The van der Waals surface area contributed by atoms with Gasteiger partial charge >= 0.3 is 6.36 Å². The van der Waals surface area contributed by atoms with E-state index in [1.807, 2.05) is 12.3 Å². The van der Waals surface area contributed by atoms with Gasteiger partial charge in [-0.2, -0.15) is 0 Å². The Labute approximate surface area is 159 Å². The summed E-state index contributed by atoms with van der Waals surface area (Å²) < 4.78 is 41.8. The number of anilines is 1. The molecule has 1 saturated heterocycles. The smallest absolute Gasteiger partial charge is 0.405 e. The second-order valence-corrected chi connectivity index (χ2v) is 6.73. The topological polar surface area (TPSA) is 66.1 Å². The Hall–Kier alpha value is -2.81. The fourth-order valence-electron chi connectivity index (χ4n) is 3.53. The lowest BCUT2D eigenvalue weighted by molar-refractivity contribution is -0.274. The first-order valence-electron chi connectivity index (χ1n) is 9.10. The molecule has 1 aliphatic heterocycles. The summed E-state index contributed by atoms with van der Waals surface area (Å²) in [6.07, 6.45) is 0.451. The Morgan fingerprint density at radius 3 is 2.71 bits per heavy atom. The zero-order valence-electron chi connectivity index (χ0n) is 15.0. The van der Waals surface area contributed by atoms with Crippen molar-refractivity contribution in [3.63, 3.8) is 0 Å². The lowest BCUT2D eigenvalue weighted by Gasteiger charge is -2.33. The normalized spacial score (nSPS) is 15.9. The van der Waals surface area contributed by atoms with Crippen LogP contribution in [0.25, 0.3) is 11.0 Å². The second-order valence-electron chi connectivity index (χ2n) is 6.73. The molecule has 148 valence electrons. The van der Waals surface area contributed by atoms with Gasteiger partial charge in [0.25, 0.3) is 0 Å². The van der Waals surface area contributed by atoms with Gasteiger partial charge in [-0.1, -0.05) is 18.2 Å². The fraction of sp³-hybridized carbons (Fsp3) is 0.368. The molecule has 1 aliphatic rings. The molecule has 6 nitrogen and oxygen atoms in total. The SMILES string of the molecule is FC(F)(F)Oc1ccccc1CNC1CCN(c2ncnc3[nH]ccc23)CC1. The van der Waals surface area contributed by atoms with E-state index in [9.17, 15) is 13.2 Å². The van der Waals surface area contributed by atoms with Crippen LogP contribution in [0.5, 0.6) is 5.75 Å². The molecule has 0 bridgehead atoms. The van der Waals surface area contributed by atoms with Crippen LogP contribution in [0.3, 0.4) is 0 Å². The monoisotopic (exact) mass is 391 g/mol. The number of nitrogens with one attached hydrogen (secondary N) is 2. The average Bonchev–Trinajstić information content (AvgIpc) is 3.15. The lowest BCUT2D eigenvalue weighted by Crippen LogP contribution is -2.42. The van der Waals surface area contributed by atoms with Crippen molar-refractivity contribution >= 4 is 16.9 Å². The maximum absolute atomic E-state index is 12.5. The predicted molar refractivity (Wildman–Crippen MR) is 99.1 cm³/mol. The highest BCUT2D eigenvalue weighted by atomic mass is 19.4. The Balaban J connectivity index is 1.35. The summed E-state index contributed by atoms with van der Waals surface area (Å²) in [5.74, 6) is 0.754. The number of fused-ring (bicyclic) bond motifs is 1. The van der Waals surface area contributed by atoms with Gasteiger partial charge in [0, 0.05) is 37.4 Å². The van der Waals surface area contributed by atoms with Gasteiger partial charge in [-0.15, -0.1) is 13.2 Å². The molecule has 0 saturated carbocycles. The molecule has 2 N–H and O–H groups in total. The summed E-state index contributed by atoms with van der Waals surface area (Å²) in [4.78, 5) is 13.9. The molecule has 1 fully saturated rings. The molecule has 3 aromatic rings. The third-order valence-corrected chi connectivity index (χ3v) is 4.91. The number of H-pyrrole nitrogens is 1. The Bertz CT molecular complexity index is 934. The summed E-state index contributed by atoms with van der Waals surface area (Å²) >= 11 is 0. The Kier molecular flexibility index (Phi) is 5.08. The number of para-hydroxylation sites is 1. The molecule has 0 spiro atoms. The molecule has 0 amide bonds. The van der Waals surface area contributed by atoms with Crippen molar-refractivity contribution in [2.45, 2.75) is 31.8 Å². The minimum atomic E-state index is -4.69. The Morgan fingerprint density at radius 1 is 1.14 bits per heavy atom. The van der Waals surface area contributed by atoms with E-state index in [1.165, 1.54) is 12.1 Å². The van der Waals surface area contributed by atoms with Gasteiger partial charge in [0.15, 0.2) is 0 Å². The average molecular weight is 391 g/mol. The highest BCUT2D eigenvalue weighted by Gasteiger charge is 2.32. The molecule has 0 unspecified atom stereocenters. The zero-order chi connectivity index (χ0) is 19.6. The molecule has 3 heterocycles.